The number of hydrogen-bond acceptors (Lipinski definition) is 4. The van der Waals surface area contributed by atoms with E-state index in [1.54, 1.807) is 0 Å². The van der Waals surface area contributed by atoms with Gasteiger partial charge in [-0.2, -0.15) is 0 Å². The molecule has 0 N–H and O–H groups in total. The lowest BCUT2D eigenvalue weighted by molar-refractivity contribution is -0.0211. The van der Waals surface area contributed by atoms with Crippen LogP contribution in [0.4, 0.5) is 11.4 Å². The Labute approximate surface area is 183 Å². The Morgan fingerprint density at radius 1 is 0.677 bits per heavy atom. The quantitative estimate of drug-likeness (QED) is 0.565. The zero-order chi connectivity index (χ0) is 21.6. The molecular weight excluding hydrogens is 384 g/mol. The van der Waals surface area contributed by atoms with E-state index in [1.807, 2.05) is 52.5 Å². The first-order chi connectivity index (χ1) is 14.9. The van der Waals surface area contributed by atoms with E-state index in [0.717, 1.165) is 45.1 Å². The van der Waals surface area contributed by atoms with Gasteiger partial charge in [-0.1, -0.05) is 30.3 Å². The van der Waals surface area contributed by atoms with Gasteiger partial charge in [0.15, 0.2) is 0 Å². The van der Waals surface area contributed by atoms with Gasteiger partial charge in [0.2, 0.25) is 0 Å². The summed E-state index contributed by atoms with van der Waals surface area (Å²) in [5.74, 6) is 0.586. The van der Waals surface area contributed by atoms with Crippen LogP contribution in [0, 0.1) is 0 Å². The van der Waals surface area contributed by atoms with E-state index in [0.29, 0.717) is 0 Å². The normalized spacial score (nSPS) is 18.4. The molecule has 1 unspecified atom stereocenters. The summed E-state index contributed by atoms with van der Waals surface area (Å²) in [7, 11) is 8.12. The number of fused-ring (bicyclic) bond motifs is 2. The van der Waals surface area contributed by atoms with E-state index in [2.05, 4.69) is 70.5 Å². The van der Waals surface area contributed by atoms with Gasteiger partial charge in [-0.25, -0.2) is 0 Å². The van der Waals surface area contributed by atoms with Crippen molar-refractivity contribution in [2.24, 2.45) is 0 Å². The summed E-state index contributed by atoms with van der Waals surface area (Å²) in [4.78, 5) is 4.14. The van der Waals surface area contributed by atoms with E-state index in [4.69, 9.17) is 9.47 Å². The third kappa shape index (κ3) is 3.34. The van der Waals surface area contributed by atoms with Gasteiger partial charge in [0.1, 0.15) is 11.5 Å². The van der Waals surface area contributed by atoms with Crippen molar-refractivity contribution in [3.05, 3.63) is 89.5 Å². The SMILES string of the molecule is CN(C)c1ccc2c(c1)OC1(C=C2)Oc2cc(N(C)C)ccc2C=C1c1ccccc1. The van der Waals surface area contributed by atoms with Gasteiger partial charge in [0, 0.05) is 74.5 Å². The van der Waals surface area contributed by atoms with Crippen molar-refractivity contribution in [3.63, 3.8) is 0 Å². The molecule has 2 aliphatic heterocycles. The van der Waals surface area contributed by atoms with E-state index in [1.165, 1.54) is 0 Å². The minimum atomic E-state index is -1.03. The van der Waals surface area contributed by atoms with Crippen molar-refractivity contribution >= 4 is 29.1 Å². The van der Waals surface area contributed by atoms with Crippen molar-refractivity contribution in [3.8, 4) is 11.5 Å². The molecule has 0 radical (unpaired) electrons. The topological polar surface area (TPSA) is 24.9 Å². The lowest BCUT2D eigenvalue weighted by atomic mass is 9.90. The van der Waals surface area contributed by atoms with Crippen LogP contribution in [0.5, 0.6) is 11.5 Å². The van der Waals surface area contributed by atoms with Crippen LogP contribution >= 0.6 is 0 Å². The van der Waals surface area contributed by atoms with Crippen LogP contribution < -0.4 is 19.3 Å². The molecule has 0 amide bonds. The molecule has 2 aliphatic rings. The number of rotatable bonds is 3. The number of benzene rings is 3. The molecule has 156 valence electrons. The molecule has 0 aromatic heterocycles. The summed E-state index contributed by atoms with van der Waals surface area (Å²) in [5.41, 5.74) is 6.30. The molecule has 0 fully saturated rings. The minimum Gasteiger partial charge on any atom is -0.444 e. The van der Waals surface area contributed by atoms with E-state index in [-0.39, 0.29) is 0 Å². The van der Waals surface area contributed by atoms with Crippen LogP contribution in [0.15, 0.2) is 72.8 Å². The Morgan fingerprint density at radius 3 is 1.87 bits per heavy atom. The molecule has 3 aromatic rings. The monoisotopic (exact) mass is 410 g/mol. The number of nitrogens with zero attached hydrogens (tertiary/aromatic N) is 2. The molecule has 31 heavy (non-hydrogen) atoms. The van der Waals surface area contributed by atoms with Crippen LogP contribution in [0.3, 0.4) is 0 Å². The summed E-state index contributed by atoms with van der Waals surface area (Å²) in [6.07, 6.45) is 6.29. The summed E-state index contributed by atoms with van der Waals surface area (Å²) in [6, 6.07) is 22.8. The maximum absolute atomic E-state index is 6.66. The van der Waals surface area contributed by atoms with Crippen molar-refractivity contribution in [1.29, 1.82) is 0 Å². The zero-order valence-electron chi connectivity index (χ0n) is 18.3. The molecule has 4 heteroatoms. The fourth-order valence-electron chi connectivity index (χ4n) is 4.01. The van der Waals surface area contributed by atoms with Gasteiger partial charge in [-0.15, -0.1) is 0 Å². The zero-order valence-corrected chi connectivity index (χ0v) is 18.3. The molecule has 1 atom stereocenters. The fraction of sp³-hybridized carbons (Fsp3) is 0.185. The maximum atomic E-state index is 6.66. The summed E-state index contributed by atoms with van der Waals surface area (Å²) < 4.78 is 13.3. The second kappa shape index (κ2) is 7.24. The Balaban J connectivity index is 1.66. The molecule has 0 bridgehead atoms. The fourth-order valence-corrected chi connectivity index (χ4v) is 4.01. The molecule has 0 saturated heterocycles. The average molecular weight is 411 g/mol. The van der Waals surface area contributed by atoms with E-state index in [9.17, 15) is 0 Å². The van der Waals surface area contributed by atoms with Crippen LogP contribution in [-0.2, 0) is 0 Å². The van der Waals surface area contributed by atoms with Gasteiger partial charge in [-0.3, -0.25) is 0 Å². The lowest BCUT2D eigenvalue weighted by Crippen LogP contribution is -2.44. The molecule has 3 aromatic carbocycles. The molecule has 5 rings (SSSR count). The molecule has 2 heterocycles. The van der Waals surface area contributed by atoms with Gasteiger partial charge in [0.05, 0.1) is 0 Å². The lowest BCUT2D eigenvalue weighted by Gasteiger charge is -2.40. The van der Waals surface area contributed by atoms with Gasteiger partial charge in [-0.05, 0) is 42.0 Å². The Morgan fingerprint density at radius 2 is 1.26 bits per heavy atom. The molecule has 0 saturated carbocycles. The number of hydrogen-bond donors (Lipinski definition) is 0. The van der Waals surface area contributed by atoms with Gasteiger partial charge in [0.25, 0.3) is 5.79 Å². The van der Waals surface area contributed by atoms with Crippen LogP contribution in [-0.4, -0.2) is 34.0 Å². The number of anilines is 2. The largest absolute Gasteiger partial charge is 0.444 e. The first kappa shape index (κ1) is 19.3. The summed E-state index contributed by atoms with van der Waals surface area (Å²) in [5, 5.41) is 0. The van der Waals surface area contributed by atoms with Crippen LogP contribution in [0.2, 0.25) is 0 Å². The smallest absolute Gasteiger partial charge is 0.299 e. The van der Waals surface area contributed by atoms with E-state index < -0.39 is 5.79 Å². The molecular formula is C27H26N2O2. The van der Waals surface area contributed by atoms with Crippen molar-refractivity contribution in [2.45, 2.75) is 5.79 Å². The minimum absolute atomic E-state index is 0.808. The summed E-state index contributed by atoms with van der Waals surface area (Å²) >= 11 is 0. The Bertz CT molecular complexity index is 1190. The van der Waals surface area contributed by atoms with Crippen molar-refractivity contribution < 1.29 is 9.47 Å². The second-order valence-electron chi connectivity index (χ2n) is 8.36. The predicted octanol–water partition coefficient (Wildman–Crippen LogP) is 5.55. The van der Waals surface area contributed by atoms with Gasteiger partial charge < -0.3 is 19.3 Å². The third-order valence-corrected chi connectivity index (χ3v) is 5.79. The maximum Gasteiger partial charge on any atom is 0.299 e. The first-order valence-corrected chi connectivity index (χ1v) is 10.4. The number of ether oxygens (including phenoxy) is 2. The van der Waals surface area contributed by atoms with Crippen LogP contribution in [0.25, 0.3) is 17.7 Å². The van der Waals surface area contributed by atoms with Gasteiger partial charge >= 0.3 is 0 Å². The Hall–Kier alpha value is -3.66. The van der Waals surface area contributed by atoms with Crippen molar-refractivity contribution in [2.75, 3.05) is 38.0 Å². The highest BCUT2D eigenvalue weighted by atomic mass is 16.7. The Kier molecular flexibility index (Phi) is 4.51. The first-order valence-electron chi connectivity index (χ1n) is 10.4. The third-order valence-electron chi connectivity index (χ3n) is 5.79. The van der Waals surface area contributed by atoms with Crippen molar-refractivity contribution in [1.82, 2.24) is 0 Å². The molecule has 0 aliphatic carbocycles. The highest BCUT2D eigenvalue weighted by Crippen LogP contribution is 2.47. The average Bonchev–Trinajstić information content (AvgIpc) is 2.78. The summed E-state index contributed by atoms with van der Waals surface area (Å²) in [6.45, 7) is 0. The predicted molar refractivity (Wildman–Crippen MR) is 129 cm³/mol. The standard InChI is InChI=1S/C27H26N2O2/c1-28(2)22-12-10-20-14-15-27(30-25(20)17-22)24(19-8-6-5-7-9-19)16-21-11-13-23(29(3)4)18-26(21)31-27/h5-18H,1-4H3. The van der Waals surface area contributed by atoms with Crippen LogP contribution in [0.1, 0.15) is 16.7 Å². The highest BCUT2D eigenvalue weighted by molar-refractivity contribution is 5.92. The highest BCUT2D eigenvalue weighted by Gasteiger charge is 2.43. The van der Waals surface area contributed by atoms with E-state index >= 15 is 0 Å². The second-order valence-corrected chi connectivity index (χ2v) is 8.36. The molecule has 1 spiro atoms. The molecule has 4 nitrogen and oxygen atoms in total.